The number of rotatable bonds is 5. The standard InChI is InChI=1S/C24H30N8O3/c1-12-17-11-31(22(34)24(2,3)35)9-14(17)4-18(12)30-20-16(21(25)33)8-29-32-10-13(5-19(20)32)15-6-27-23(26)28-7-15/h5-8,10,12,14,17-18,30,35H,4,9,11H2,1-3H3,(H2,25,33)(H2,26,27,28). The van der Waals surface area contributed by atoms with E-state index in [1.54, 1.807) is 21.8 Å². The molecule has 6 N–H and O–H groups in total. The molecule has 1 aliphatic carbocycles. The first-order valence-electron chi connectivity index (χ1n) is 11.7. The normalized spacial score (nSPS) is 24.1. The number of fused-ring (bicyclic) bond motifs is 2. The minimum absolute atomic E-state index is 0.0897. The van der Waals surface area contributed by atoms with Crippen LogP contribution in [0.5, 0.6) is 0 Å². The molecule has 184 valence electrons. The van der Waals surface area contributed by atoms with E-state index in [1.807, 2.05) is 12.3 Å². The number of carbonyl (C=O) groups is 2. The zero-order valence-corrected chi connectivity index (χ0v) is 20.0. The average Bonchev–Trinajstić information content (AvgIpc) is 3.48. The van der Waals surface area contributed by atoms with Crippen LogP contribution in [0.4, 0.5) is 11.6 Å². The number of hydrogen-bond acceptors (Lipinski definition) is 8. The Hall–Kier alpha value is -3.73. The highest BCUT2D eigenvalue weighted by molar-refractivity contribution is 6.02. The van der Waals surface area contributed by atoms with Crippen LogP contribution in [0.2, 0.25) is 0 Å². The first-order valence-corrected chi connectivity index (χ1v) is 11.7. The third-order valence-electron chi connectivity index (χ3n) is 7.41. The number of nitrogen functional groups attached to an aromatic ring is 1. The molecule has 1 saturated heterocycles. The Morgan fingerprint density at radius 3 is 2.51 bits per heavy atom. The summed E-state index contributed by atoms with van der Waals surface area (Å²) in [6.07, 6.45) is 7.44. The van der Waals surface area contributed by atoms with Crippen LogP contribution < -0.4 is 16.8 Å². The van der Waals surface area contributed by atoms with E-state index in [4.69, 9.17) is 11.5 Å². The zero-order valence-electron chi connectivity index (χ0n) is 20.0. The predicted octanol–water partition coefficient (Wildman–Crippen LogP) is 1.14. The van der Waals surface area contributed by atoms with Crippen molar-refractivity contribution in [3.8, 4) is 11.1 Å². The van der Waals surface area contributed by atoms with Crippen molar-refractivity contribution in [3.05, 3.63) is 36.4 Å². The molecule has 2 fully saturated rings. The van der Waals surface area contributed by atoms with Crippen molar-refractivity contribution < 1.29 is 14.7 Å². The number of anilines is 2. The summed E-state index contributed by atoms with van der Waals surface area (Å²) in [7, 11) is 0. The Labute approximate surface area is 202 Å². The molecule has 3 aromatic rings. The molecule has 0 radical (unpaired) electrons. The summed E-state index contributed by atoms with van der Waals surface area (Å²) in [6.45, 7) is 6.46. The van der Waals surface area contributed by atoms with Gasteiger partial charge >= 0.3 is 0 Å². The molecule has 2 amide bonds. The van der Waals surface area contributed by atoms with Crippen molar-refractivity contribution in [3.63, 3.8) is 0 Å². The molecule has 1 aliphatic heterocycles. The molecule has 4 atom stereocenters. The van der Waals surface area contributed by atoms with Crippen LogP contribution >= 0.6 is 0 Å². The smallest absolute Gasteiger partial charge is 0.253 e. The molecule has 5 rings (SSSR count). The van der Waals surface area contributed by atoms with Gasteiger partial charge in [0.1, 0.15) is 5.60 Å². The van der Waals surface area contributed by atoms with Crippen molar-refractivity contribution >= 4 is 29.0 Å². The lowest BCUT2D eigenvalue weighted by atomic mass is 9.93. The monoisotopic (exact) mass is 478 g/mol. The molecule has 0 bridgehead atoms. The van der Waals surface area contributed by atoms with Gasteiger partial charge in [-0.2, -0.15) is 5.10 Å². The number of nitrogens with zero attached hydrogens (tertiary/aromatic N) is 5. The zero-order chi connectivity index (χ0) is 25.1. The minimum atomic E-state index is -1.37. The largest absolute Gasteiger partial charge is 0.381 e. The van der Waals surface area contributed by atoms with Gasteiger partial charge < -0.3 is 26.8 Å². The van der Waals surface area contributed by atoms with E-state index in [9.17, 15) is 14.7 Å². The summed E-state index contributed by atoms with van der Waals surface area (Å²) in [5.74, 6) is 0.267. The van der Waals surface area contributed by atoms with Gasteiger partial charge in [-0.3, -0.25) is 9.59 Å². The number of hydrogen-bond donors (Lipinski definition) is 4. The molecule has 2 aliphatic rings. The summed E-state index contributed by atoms with van der Waals surface area (Å²) in [5.41, 5.74) is 13.2. The van der Waals surface area contributed by atoms with Crippen LogP contribution in [0.1, 0.15) is 37.6 Å². The fourth-order valence-electron chi connectivity index (χ4n) is 5.55. The Morgan fingerprint density at radius 1 is 1.17 bits per heavy atom. The van der Waals surface area contributed by atoms with E-state index < -0.39 is 11.5 Å². The fraction of sp³-hybridized carbons (Fsp3) is 0.458. The van der Waals surface area contributed by atoms with E-state index >= 15 is 0 Å². The van der Waals surface area contributed by atoms with Crippen LogP contribution in [0, 0.1) is 17.8 Å². The molecule has 0 aromatic carbocycles. The third-order valence-corrected chi connectivity index (χ3v) is 7.41. The van der Waals surface area contributed by atoms with E-state index in [0.29, 0.717) is 36.2 Å². The first kappa shape index (κ1) is 23.0. The number of nitrogens with two attached hydrogens (primary N) is 2. The fourth-order valence-corrected chi connectivity index (χ4v) is 5.55. The number of aromatic nitrogens is 4. The molecule has 4 unspecified atom stereocenters. The highest BCUT2D eigenvalue weighted by atomic mass is 16.3. The third kappa shape index (κ3) is 4.05. The summed E-state index contributed by atoms with van der Waals surface area (Å²) in [5, 5.41) is 18.1. The molecular formula is C24H30N8O3. The molecule has 3 aromatic heterocycles. The van der Waals surface area contributed by atoms with Gasteiger partial charge in [0.25, 0.3) is 11.8 Å². The Bertz CT molecular complexity index is 1300. The molecule has 35 heavy (non-hydrogen) atoms. The van der Waals surface area contributed by atoms with Crippen LogP contribution in [0.3, 0.4) is 0 Å². The lowest BCUT2D eigenvalue weighted by molar-refractivity contribution is -0.147. The lowest BCUT2D eigenvalue weighted by Gasteiger charge is -2.28. The average molecular weight is 479 g/mol. The van der Waals surface area contributed by atoms with Crippen LogP contribution in [0.15, 0.2) is 30.9 Å². The van der Waals surface area contributed by atoms with Crippen LogP contribution in [-0.4, -0.2) is 66.1 Å². The SMILES string of the molecule is CC1C(Nc2c(C(N)=O)cnn3cc(-c4cnc(N)nc4)cc23)CC2CN(C(=O)C(C)(C)O)CC21. The highest BCUT2D eigenvalue weighted by Gasteiger charge is 2.48. The van der Waals surface area contributed by atoms with E-state index in [-0.39, 0.29) is 23.8 Å². The topological polar surface area (TPSA) is 165 Å². The quantitative estimate of drug-likeness (QED) is 0.424. The second kappa shape index (κ2) is 8.19. The number of primary amides is 1. The molecule has 11 nitrogen and oxygen atoms in total. The molecular weight excluding hydrogens is 448 g/mol. The molecule has 1 saturated carbocycles. The first-order chi connectivity index (χ1) is 16.5. The van der Waals surface area contributed by atoms with Crippen molar-refractivity contribution in [2.45, 2.75) is 38.8 Å². The number of aliphatic hydroxyl groups is 1. The lowest BCUT2D eigenvalue weighted by Crippen LogP contribution is -2.45. The summed E-state index contributed by atoms with van der Waals surface area (Å²) in [4.78, 5) is 34.7. The minimum Gasteiger partial charge on any atom is -0.381 e. The van der Waals surface area contributed by atoms with Gasteiger partial charge in [0, 0.05) is 48.8 Å². The summed E-state index contributed by atoms with van der Waals surface area (Å²) in [6, 6.07) is 2.01. The Morgan fingerprint density at radius 2 is 1.89 bits per heavy atom. The second-order valence-electron chi connectivity index (χ2n) is 10.2. The number of amides is 2. The van der Waals surface area contributed by atoms with E-state index in [0.717, 1.165) is 23.1 Å². The highest BCUT2D eigenvalue weighted by Crippen LogP contribution is 2.44. The molecule has 4 heterocycles. The maximum absolute atomic E-state index is 12.6. The van der Waals surface area contributed by atoms with Crippen LogP contribution in [0.25, 0.3) is 16.6 Å². The Balaban J connectivity index is 1.43. The second-order valence-corrected chi connectivity index (χ2v) is 10.2. The van der Waals surface area contributed by atoms with Gasteiger partial charge in [-0.05, 0) is 44.1 Å². The van der Waals surface area contributed by atoms with Crippen molar-refractivity contribution in [1.82, 2.24) is 24.5 Å². The van der Waals surface area contributed by atoms with Gasteiger partial charge in [-0.1, -0.05) is 6.92 Å². The maximum Gasteiger partial charge on any atom is 0.253 e. The van der Waals surface area contributed by atoms with E-state index in [1.165, 1.54) is 20.0 Å². The van der Waals surface area contributed by atoms with Gasteiger partial charge in [-0.15, -0.1) is 0 Å². The number of carbonyl (C=O) groups excluding carboxylic acids is 2. The Kier molecular flexibility index (Phi) is 5.39. The van der Waals surface area contributed by atoms with Gasteiger partial charge in [0.2, 0.25) is 5.95 Å². The predicted molar refractivity (Wildman–Crippen MR) is 130 cm³/mol. The van der Waals surface area contributed by atoms with Gasteiger partial charge in [-0.25, -0.2) is 14.5 Å². The number of likely N-dealkylation sites (tertiary alicyclic amines) is 1. The maximum atomic E-state index is 12.6. The van der Waals surface area contributed by atoms with Crippen LogP contribution in [-0.2, 0) is 4.79 Å². The molecule has 0 spiro atoms. The summed E-state index contributed by atoms with van der Waals surface area (Å²) >= 11 is 0. The van der Waals surface area contributed by atoms with Gasteiger partial charge in [0.15, 0.2) is 0 Å². The van der Waals surface area contributed by atoms with Gasteiger partial charge in [0.05, 0.1) is 23.0 Å². The number of nitrogens with one attached hydrogen (secondary N) is 1. The van der Waals surface area contributed by atoms with Crippen molar-refractivity contribution in [2.75, 3.05) is 24.1 Å². The van der Waals surface area contributed by atoms with E-state index in [2.05, 4.69) is 27.3 Å². The summed E-state index contributed by atoms with van der Waals surface area (Å²) < 4.78 is 1.70. The van der Waals surface area contributed by atoms with Crippen molar-refractivity contribution in [2.24, 2.45) is 23.5 Å². The van der Waals surface area contributed by atoms with Crippen molar-refractivity contribution in [1.29, 1.82) is 0 Å². The molecule has 11 heteroatoms.